The smallest absolute Gasteiger partial charge is 0.336 e. The molecule has 83 valence electrons. The van der Waals surface area contributed by atoms with Gasteiger partial charge in [0.25, 0.3) is 0 Å². The Morgan fingerprint density at radius 1 is 1.07 bits per heavy atom. The van der Waals surface area contributed by atoms with Crippen molar-refractivity contribution in [2.24, 2.45) is 0 Å². The number of hydrogen-bond acceptors (Lipinski definition) is 1. The molecule has 0 saturated heterocycles. The van der Waals surface area contributed by atoms with E-state index in [2.05, 4.69) is 24.5 Å². The summed E-state index contributed by atoms with van der Waals surface area (Å²) in [6.07, 6.45) is 6.85. The van der Waals surface area contributed by atoms with Gasteiger partial charge < -0.3 is 5.32 Å². The summed E-state index contributed by atoms with van der Waals surface area (Å²) >= 11 is 0. The Morgan fingerprint density at radius 2 is 1.79 bits per heavy atom. The Morgan fingerprint density at radius 3 is 2.43 bits per heavy atom. The Labute approximate surface area is 87.6 Å². The molecule has 0 aromatic heterocycles. The van der Waals surface area contributed by atoms with Crippen LogP contribution in [0.2, 0.25) is 0 Å². The van der Waals surface area contributed by atoms with Crippen LogP contribution in [0, 0.1) is 0 Å². The molecule has 0 rings (SSSR count). The lowest BCUT2D eigenvalue weighted by Crippen LogP contribution is -2.31. The molecule has 14 heavy (non-hydrogen) atoms. The van der Waals surface area contributed by atoms with Gasteiger partial charge in [0.1, 0.15) is 0 Å². The normalized spacial score (nSPS) is 9.86. The average Bonchev–Trinajstić information content (AvgIpc) is 2.18. The van der Waals surface area contributed by atoms with Gasteiger partial charge >= 0.3 is 6.03 Å². The Kier molecular flexibility index (Phi) is 9.81. The molecule has 0 aliphatic rings. The van der Waals surface area contributed by atoms with E-state index < -0.39 is 0 Å². The van der Waals surface area contributed by atoms with Crippen molar-refractivity contribution in [3.05, 3.63) is 0 Å². The van der Waals surface area contributed by atoms with Crippen LogP contribution in [0.15, 0.2) is 0 Å². The number of carbonyl (C=O) groups is 1. The molecule has 2 amide bonds. The predicted octanol–water partition coefficient (Wildman–Crippen LogP) is 2.68. The molecule has 3 heteroatoms. The lowest BCUT2D eigenvalue weighted by molar-refractivity contribution is 0.239. The maximum absolute atomic E-state index is 11.1. The van der Waals surface area contributed by atoms with E-state index in [1.807, 2.05) is 0 Å². The zero-order chi connectivity index (χ0) is 10.6. The third-order valence-corrected chi connectivity index (χ3v) is 2.07. The van der Waals surface area contributed by atoms with Gasteiger partial charge in [-0.25, -0.2) is 10.1 Å². The number of amides is 2. The molecule has 0 aliphatic heterocycles. The van der Waals surface area contributed by atoms with Crippen LogP contribution < -0.4 is 10.6 Å². The standard InChI is InChI=1S/C11H23N2O/c1-3-5-7-8-10-13-11(14)12-9-6-4-2/h3-10H2,1-2H3,(H,13,14). The van der Waals surface area contributed by atoms with E-state index in [0.717, 1.165) is 25.8 Å². The summed E-state index contributed by atoms with van der Waals surface area (Å²) < 4.78 is 0. The first-order valence-electron chi connectivity index (χ1n) is 5.76. The minimum absolute atomic E-state index is 0.144. The molecular formula is C11H23N2O. The summed E-state index contributed by atoms with van der Waals surface area (Å²) in [5.41, 5.74) is 0. The third-order valence-electron chi connectivity index (χ3n) is 2.07. The fourth-order valence-electron chi connectivity index (χ4n) is 1.14. The lowest BCUT2D eigenvalue weighted by atomic mass is 10.2. The van der Waals surface area contributed by atoms with Gasteiger partial charge in [-0.3, -0.25) is 0 Å². The lowest BCUT2D eigenvalue weighted by Gasteiger charge is -2.04. The number of unbranched alkanes of at least 4 members (excludes halogenated alkanes) is 4. The second-order valence-electron chi connectivity index (χ2n) is 3.53. The maximum atomic E-state index is 11.1. The van der Waals surface area contributed by atoms with Gasteiger partial charge in [-0.05, 0) is 12.8 Å². The molecule has 0 bridgehead atoms. The monoisotopic (exact) mass is 199 g/mol. The highest BCUT2D eigenvalue weighted by Crippen LogP contribution is 1.96. The first-order valence-corrected chi connectivity index (χ1v) is 5.76. The molecule has 0 heterocycles. The van der Waals surface area contributed by atoms with Crippen molar-refractivity contribution in [3.63, 3.8) is 0 Å². The van der Waals surface area contributed by atoms with Crippen LogP contribution in [-0.4, -0.2) is 19.1 Å². The highest BCUT2D eigenvalue weighted by atomic mass is 16.2. The van der Waals surface area contributed by atoms with Crippen molar-refractivity contribution in [3.8, 4) is 0 Å². The van der Waals surface area contributed by atoms with Crippen LogP contribution in [0.3, 0.4) is 0 Å². The van der Waals surface area contributed by atoms with Crippen LogP contribution in [0.4, 0.5) is 4.79 Å². The predicted molar refractivity (Wildman–Crippen MR) is 59.4 cm³/mol. The van der Waals surface area contributed by atoms with Crippen LogP contribution >= 0.6 is 0 Å². The second kappa shape index (κ2) is 10.4. The van der Waals surface area contributed by atoms with E-state index in [0.29, 0.717) is 6.54 Å². The quantitative estimate of drug-likeness (QED) is 0.600. The molecule has 0 fully saturated rings. The Bertz CT molecular complexity index is 137. The minimum Gasteiger partial charge on any atom is -0.337 e. The molecular weight excluding hydrogens is 176 g/mol. The summed E-state index contributed by atoms with van der Waals surface area (Å²) in [6.45, 7) is 5.71. The molecule has 0 unspecified atom stereocenters. The number of carbonyl (C=O) groups excluding carboxylic acids is 1. The van der Waals surface area contributed by atoms with Gasteiger partial charge in [0, 0.05) is 13.1 Å². The van der Waals surface area contributed by atoms with Crippen LogP contribution in [-0.2, 0) is 0 Å². The summed E-state index contributed by atoms with van der Waals surface area (Å²) in [7, 11) is 0. The van der Waals surface area contributed by atoms with Gasteiger partial charge in [-0.15, -0.1) is 0 Å². The number of rotatable bonds is 8. The number of hydrogen-bond donors (Lipinski definition) is 1. The molecule has 0 saturated carbocycles. The van der Waals surface area contributed by atoms with Crippen molar-refractivity contribution in [2.45, 2.75) is 52.4 Å². The summed E-state index contributed by atoms with van der Waals surface area (Å²) in [5.74, 6) is 0. The molecule has 0 aromatic carbocycles. The van der Waals surface area contributed by atoms with E-state index >= 15 is 0 Å². The Hall–Kier alpha value is -0.730. The molecule has 0 spiro atoms. The van der Waals surface area contributed by atoms with E-state index in [1.165, 1.54) is 19.3 Å². The molecule has 1 radical (unpaired) electrons. The Balaban J connectivity index is 3.10. The van der Waals surface area contributed by atoms with Gasteiger partial charge in [0.2, 0.25) is 0 Å². The van der Waals surface area contributed by atoms with E-state index in [-0.39, 0.29) is 6.03 Å². The van der Waals surface area contributed by atoms with Crippen LogP contribution in [0.25, 0.3) is 0 Å². The van der Waals surface area contributed by atoms with E-state index in [4.69, 9.17) is 0 Å². The van der Waals surface area contributed by atoms with Crippen LogP contribution in [0.5, 0.6) is 0 Å². The van der Waals surface area contributed by atoms with Gasteiger partial charge in [-0.1, -0.05) is 39.5 Å². The zero-order valence-electron chi connectivity index (χ0n) is 9.51. The van der Waals surface area contributed by atoms with Gasteiger partial charge in [-0.2, -0.15) is 0 Å². The van der Waals surface area contributed by atoms with Crippen molar-refractivity contribution in [1.29, 1.82) is 0 Å². The summed E-state index contributed by atoms with van der Waals surface area (Å²) in [5, 5.41) is 6.68. The van der Waals surface area contributed by atoms with Crippen molar-refractivity contribution < 1.29 is 4.79 Å². The number of nitrogens with one attached hydrogen (secondary N) is 1. The first-order chi connectivity index (χ1) is 6.81. The summed E-state index contributed by atoms with van der Waals surface area (Å²) in [6, 6.07) is -0.144. The molecule has 1 N–H and O–H groups in total. The fraction of sp³-hybridized carbons (Fsp3) is 0.909. The highest BCUT2D eigenvalue weighted by molar-refractivity contribution is 5.73. The van der Waals surface area contributed by atoms with Crippen molar-refractivity contribution in [1.82, 2.24) is 10.6 Å². The van der Waals surface area contributed by atoms with E-state index in [1.54, 1.807) is 0 Å². The third kappa shape index (κ3) is 9.36. The second-order valence-corrected chi connectivity index (χ2v) is 3.53. The molecule has 0 aliphatic carbocycles. The first kappa shape index (κ1) is 13.3. The maximum Gasteiger partial charge on any atom is 0.336 e. The number of urea groups is 1. The van der Waals surface area contributed by atoms with Crippen LogP contribution in [0.1, 0.15) is 52.4 Å². The average molecular weight is 199 g/mol. The minimum atomic E-state index is -0.144. The fourth-order valence-corrected chi connectivity index (χ4v) is 1.14. The zero-order valence-corrected chi connectivity index (χ0v) is 9.51. The van der Waals surface area contributed by atoms with Gasteiger partial charge in [0.05, 0.1) is 0 Å². The SMILES string of the molecule is CCCCCCNC(=O)[N]CCCC. The number of nitrogens with zero attached hydrogens (tertiary/aromatic N) is 1. The molecule has 3 nitrogen and oxygen atoms in total. The van der Waals surface area contributed by atoms with Gasteiger partial charge in [0.15, 0.2) is 0 Å². The highest BCUT2D eigenvalue weighted by Gasteiger charge is 1.99. The summed E-state index contributed by atoms with van der Waals surface area (Å²) in [4.78, 5) is 11.1. The van der Waals surface area contributed by atoms with Crippen molar-refractivity contribution in [2.75, 3.05) is 13.1 Å². The topological polar surface area (TPSA) is 43.2 Å². The molecule has 0 atom stereocenters. The van der Waals surface area contributed by atoms with E-state index in [9.17, 15) is 4.79 Å². The van der Waals surface area contributed by atoms with Crippen molar-refractivity contribution >= 4 is 6.03 Å². The largest absolute Gasteiger partial charge is 0.337 e. The molecule has 0 aromatic rings.